The van der Waals surface area contributed by atoms with Crippen LogP contribution in [0.15, 0.2) is 46.3 Å². The lowest BCUT2D eigenvalue weighted by molar-refractivity contribution is -0.205. The number of aliphatic hydroxyl groups is 2. The van der Waals surface area contributed by atoms with Crippen LogP contribution in [0.5, 0.6) is 0 Å². The predicted molar refractivity (Wildman–Crippen MR) is 136 cm³/mol. The van der Waals surface area contributed by atoms with Gasteiger partial charge in [0.2, 0.25) is 5.78 Å². The fraction of sp³-hybridized carbons (Fsp3) is 0.600. The zero-order chi connectivity index (χ0) is 28.8. The summed E-state index contributed by atoms with van der Waals surface area (Å²) in [6.45, 7) is 10.6. The van der Waals surface area contributed by atoms with E-state index in [0.29, 0.717) is 0 Å². The van der Waals surface area contributed by atoms with Gasteiger partial charge in [-0.25, -0.2) is 0 Å². The third-order valence-corrected chi connectivity index (χ3v) is 9.92. The molecular weight excluding hydrogens is 520 g/mol. The lowest BCUT2D eigenvalue weighted by atomic mass is 9.44. The minimum Gasteiger partial charge on any atom is -0.498 e. The summed E-state index contributed by atoms with van der Waals surface area (Å²) in [6.07, 6.45) is -3.41. The predicted octanol–water partition coefficient (Wildman–Crippen LogP) is 0.838. The Labute approximate surface area is 230 Å². The van der Waals surface area contributed by atoms with E-state index in [-0.39, 0.29) is 16.7 Å². The largest absolute Gasteiger partial charge is 0.498 e. The molecule has 10 heteroatoms. The number of epoxide rings is 2. The molecule has 0 amide bonds. The molecule has 40 heavy (non-hydrogen) atoms. The van der Waals surface area contributed by atoms with Crippen LogP contribution in [-0.4, -0.2) is 87.3 Å². The van der Waals surface area contributed by atoms with Crippen LogP contribution in [-0.2, 0) is 38.1 Å². The highest BCUT2D eigenvalue weighted by atomic mass is 16.6. The van der Waals surface area contributed by atoms with Gasteiger partial charge in [0.05, 0.1) is 24.0 Å². The topological polar surface area (TPSA) is 152 Å². The third-order valence-electron chi connectivity index (χ3n) is 9.92. The molecule has 4 fully saturated rings. The van der Waals surface area contributed by atoms with Crippen LogP contribution >= 0.6 is 0 Å². The molecule has 5 heterocycles. The Kier molecular flexibility index (Phi) is 5.06. The van der Waals surface area contributed by atoms with Crippen LogP contribution in [0.3, 0.4) is 0 Å². The van der Waals surface area contributed by atoms with E-state index in [4.69, 9.17) is 18.9 Å². The van der Waals surface area contributed by atoms with Crippen LogP contribution < -0.4 is 0 Å². The maximum Gasteiger partial charge on any atom is 0.201 e. The summed E-state index contributed by atoms with van der Waals surface area (Å²) in [7, 11) is 0. The van der Waals surface area contributed by atoms with Gasteiger partial charge >= 0.3 is 0 Å². The fourth-order valence-electron chi connectivity index (χ4n) is 8.27. The standard InChI is InChI=1S/C30H32O10/c1-10(2)7-15(31)29-22(34)14-9-37-13(6)20-17-12(5)38-25(28(14,20)24(36)27(29)40-29)19-18(17)21(33)26-30(39-26,23(19)35)16(32)8-11(3)4/h7-9,12-13,15-17,20,25-27,31-32H,1-6H3/t12-,13+,15-,16-,17-,20+,25-,26-,27-,28-,29-,30-/m1/s1. The number of hydrogen-bond acceptors (Lipinski definition) is 10. The Balaban J connectivity index is 1.42. The zero-order valence-electron chi connectivity index (χ0n) is 23.1. The van der Waals surface area contributed by atoms with Crippen molar-refractivity contribution < 1.29 is 48.3 Å². The highest BCUT2D eigenvalue weighted by Crippen LogP contribution is 2.69. The fourth-order valence-corrected chi connectivity index (χ4v) is 8.27. The summed E-state index contributed by atoms with van der Waals surface area (Å²) in [5.74, 6) is -3.55. The number of ketones is 4. The molecule has 3 aliphatic carbocycles. The maximum absolute atomic E-state index is 14.6. The normalized spacial score (nSPS) is 47.0. The third kappa shape index (κ3) is 2.68. The minimum atomic E-state index is -1.80. The van der Waals surface area contributed by atoms with Crippen molar-refractivity contribution in [2.75, 3.05) is 0 Å². The molecule has 8 rings (SSSR count). The van der Waals surface area contributed by atoms with Crippen LogP contribution in [0.1, 0.15) is 41.5 Å². The smallest absolute Gasteiger partial charge is 0.201 e. The number of fused-ring (bicyclic) bond motifs is 3. The van der Waals surface area contributed by atoms with Crippen molar-refractivity contribution in [3.63, 3.8) is 0 Å². The van der Waals surface area contributed by atoms with Gasteiger partial charge in [-0.15, -0.1) is 0 Å². The van der Waals surface area contributed by atoms with Crippen LogP contribution in [0.2, 0.25) is 0 Å². The summed E-state index contributed by atoms with van der Waals surface area (Å²) in [6, 6.07) is 0. The monoisotopic (exact) mass is 552 g/mol. The van der Waals surface area contributed by atoms with Crippen molar-refractivity contribution in [2.45, 2.75) is 95.5 Å². The molecule has 2 bridgehead atoms. The first-order valence-electron chi connectivity index (χ1n) is 13.7. The molecule has 0 aromatic rings. The van der Waals surface area contributed by atoms with Gasteiger partial charge in [-0.05, 0) is 41.5 Å². The van der Waals surface area contributed by atoms with Crippen molar-refractivity contribution in [3.05, 3.63) is 46.3 Å². The lowest BCUT2D eigenvalue weighted by Crippen LogP contribution is -2.73. The van der Waals surface area contributed by atoms with Crippen molar-refractivity contribution >= 4 is 23.1 Å². The minimum absolute atomic E-state index is 0.0153. The van der Waals surface area contributed by atoms with Gasteiger partial charge in [0.25, 0.3) is 0 Å². The second-order valence-corrected chi connectivity index (χ2v) is 12.7. The number of Topliss-reactive ketones (excluding diaryl/α,β-unsaturated/α-hetero) is 4. The quantitative estimate of drug-likeness (QED) is 0.379. The highest BCUT2D eigenvalue weighted by Gasteiger charge is 2.86. The van der Waals surface area contributed by atoms with Crippen LogP contribution in [0.4, 0.5) is 0 Å². The molecule has 2 N–H and O–H groups in total. The molecule has 3 saturated heterocycles. The summed E-state index contributed by atoms with van der Waals surface area (Å²) in [5.41, 5.74) is -3.57. The second kappa shape index (κ2) is 7.74. The van der Waals surface area contributed by atoms with Crippen molar-refractivity contribution in [2.24, 2.45) is 17.3 Å². The molecule has 212 valence electrons. The van der Waals surface area contributed by atoms with E-state index in [9.17, 15) is 29.4 Å². The molecule has 0 aromatic carbocycles. The molecule has 0 radical (unpaired) electrons. The van der Waals surface area contributed by atoms with Gasteiger partial charge in [0.15, 0.2) is 40.8 Å². The van der Waals surface area contributed by atoms with Gasteiger partial charge in [0, 0.05) is 23.0 Å². The van der Waals surface area contributed by atoms with Gasteiger partial charge in [-0.2, -0.15) is 0 Å². The SMILES string of the molecule is CC(C)=C[C@@H](O)[C@]12O[C@@H]1C(=O)C1=C(C2=O)[C@H]2O[C@H](C)[C@H]1[C@@H]1[C@H](C)OC=C3C(=O)[C@@]4([C@H](O)C=C(C)C)O[C@@H]4C(=O)[C@@]312. The summed E-state index contributed by atoms with van der Waals surface area (Å²) < 4.78 is 23.8. The van der Waals surface area contributed by atoms with Crippen LogP contribution in [0.25, 0.3) is 0 Å². The Morgan fingerprint density at radius 3 is 2.00 bits per heavy atom. The molecule has 5 aliphatic heterocycles. The first kappa shape index (κ1) is 26.2. The molecule has 10 nitrogen and oxygen atoms in total. The zero-order valence-corrected chi connectivity index (χ0v) is 23.1. The molecule has 1 spiro atoms. The molecule has 0 unspecified atom stereocenters. The number of rotatable bonds is 4. The van der Waals surface area contributed by atoms with Gasteiger partial charge in [-0.1, -0.05) is 23.3 Å². The van der Waals surface area contributed by atoms with E-state index < -0.39 is 94.3 Å². The average Bonchev–Trinajstić information content (AvgIpc) is 3.78. The molecular formula is C30H32O10. The van der Waals surface area contributed by atoms with Crippen molar-refractivity contribution in [1.82, 2.24) is 0 Å². The maximum atomic E-state index is 14.6. The van der Waals surface area contributed by atoms with E-state index >= 15 is 0 Å². The summed E-state index contributed by atoms with van der Waals surface area (Å²) in [5, 5.41) is 22.0. The van der Waals surface area contributed by atoms with E-state index in [2.05, 4.69) is 0 Å². The molecule has 1 saturated carbocycles. The molecule has 12 atom stereocenters. The van der Waals surface area contributed by atoms with Gasteiger partial charge in [-0.3, -0.25) is 19.2 Å². The average molecular weight is 553 g/mol. The van der Waals surface area contributed by atoms with E-state index in [1.54, 1.807) is 41.5 Å². The van der Waals surface area contributed by atoms with Crippen molar-refractivity contribution in [1.29, 1.82) is 0 Å². The first-order chi connectivity index (χ1) is 18.8. The Morgan fingerprint density at radius 2 is 1.40 bits per heavy atom. The first-order valence-corrected chi connectivity index (χ1v) is 13.7. The number of aliphatic hydroxyl groups excluding tert-OH is 2. The van der Waals surface area contributed by atoms with E-state index in [0.717, 1.165) is 11.1 Å². The summed E-state index contributed by atoms with van der Waals surface area (Å²) in [4.78, 5) is 56.9. The number of carbonyl (C=O) groups is 4. The lowest BCUT2D eigenvalue weighted by Gasteiger charge is -2.62. The second-order valence-electron chi connectivity index (χ2n) is 12.7. The Hall–Kier alpha value is -2.76. The molecule has 0 aromatic heterocycles. The Bertz CT molecular complexity index is 1440. The Morgan fingerprint density at radius 1 is 0.825 bits per heavy atom. The molecule has 8 aliphatic rings. The van der Waals surface area contributed by atoms with E-state index in [1.165, 1.54) is 18.4 Å². The number of hydrogen-bond donors (Lipinski definition) is 2. The van der Waals surface area contributed by atoms with Gasteiger partial charge in [0.1, 0.15) is 23.7 Å². The van der Waals surface area contributed by atoms with Crippen molar-refractivity contribution in [3.8, 4) is 0 Å². The number of allylic oxidation sites excluding steroid dienone is 2. The van der Waals surface area contributed by atoms with Gasteiger partial charge < -0.3 is 29.2 Å². The highest BCUT2D eigenvalue weighted by molar-refractivity contribution is 6.26. The van der Waals surface area contributed by atoms with Crippen LogP contribution in [0, 0.1) is 17.3 Å². The summed E-state index contributed by atoms with van der Waals surface area (Å²) >= 11 is 0. The number of carbonyl (C=O) groups excluding carboxylic acids is 4. The number of ether oxygens (including phenoxy) is 4. The van der Waals surface area contributed by atoms with E-state index in [1.807, 2.05) is 0 Å².